The van der Waals surface area contributed by atoms with Crippen LogP contribution in [0.15, 0.2) is 36.7 Å². The molecule has 0 spiro atoms. The Hall–Kier alpha value is -2.21. The molecule has 1 aromatic heterocycles. The summed E-state index contributed by atoms with van der Waals surface area (Å²) in [7, 11) is 0. The Kier molecular flexibility index (Phi) is 4.53. The van der Waals surface area contributed by atoms with Gasteiger partial charge in [-0.3, -0.25) is 14.4 Å². The number of carbonyl (C=O) groups excluding carboxylic acids is 1. The van der Waals surface area contributed by atoms with E-state index in [4.69, 9.17) is 0 Å². The van der Waals surface area contributed by atoms with Gasteiger partial charge in [0.2, 0.25) is 5.91 Å². The minimum atomic E-state index is 0.0554. The molecule has 3 heterocycles. The Balaban J connectivity index is 1.36. The van der Waals surface area contributed by atoms with Crippen LogP contribution in [0.4, 0.5) is 0 Å². The van der Waals surface area contributed by atoms with Gasteiger partial charge in [0, 0.05) is 51.1 Å². The summed E-state index contributed by atoms with van der Waals surface area (Å²) in [5.41, 5.74) is 1.33. The van der Waals surface area contributed by atoms with Crippen LogP contribution in [0.2, 0.25) is 0 Å². The number of hydrogen-bond donors (Lipinski definition) is 0. The van der Waals surface area contributed by atoms with Crippen LogP contribution < -0.4 is 0 Å². The van der Waals surface area contributed by atoms with Gasteiger partial charge in [0.25, 0.3) is 0 Å². The van der Waals surface area contributed by atoms with Crippen molar-refractivity contribution in [2.75, 3.05) is 19.6 Å². The summed E-state index contributed by atoms with van der Waals surface area (Å²) < 4.78 is 1.92. The molecule has 1 aromatic carbocycles. The largest absolute Gasteiger partial charge is 0.337 e. The van der Waals surface area contributed by atoms with Crippen LogP contribution in [0.3, 0.4) is 0 Å². The van der Waals surface area contributed by atoms with Gasteiger partial charge in [-0.05, 0) is 18.9 Å². The number of nitrogens with zero attached hydrogens (tertiary/aromatic N) is 5. The van der Waals surface area contributed by atoms with E-state index >= 15 is 0 Å². The van der Waals surface area contributed by atoms with Crippen LogP contribution in [0.25, 0.3) is 0 Å². The van der Waals surface area contributed by atoms with E-state index in [0.717, 1.165) is 51.4 Å². The van der Waals surface area contributed by atoms with E-state index in [1.54, 1.807) is 6.33 Å². The fourth-order valence-electron chi connectivity index (χ4n) is 4.02. The topological polar surface area (TPSA) is 54.3 Å². The van der Waals surface area contributed by atoms with E-state index in [1.165, 1.54) is 5.56 Å². The number of aryl methyl sites for hydroxylation is 1. The quantitative estimate of drug-likeness (QED) is 0.852. The predicted molar refractivity (Wildman–Crippen MR) is 94.7 cm³/mol. The average molecular weight is 339 g/mol. The summed E-state index contributed by atoms with van der Waals surface area (Å²) >= 11 is 0. The molecule has 0 radical (unpaired) electrons. The number of carbonyl (C=O) groups is 1. The van der Waals surface area contributed by atoms with Crippen molar-refractivity contribution in [1.82, 2.24) is 24.6 Å². The molecule has 132 valence electrons. The standard InChI is InChI=1S/C19H25N5O/c1-15-12-22(13-16-5-3-2-4-6-16)9-10-23(15)19(25)17-7-8-24-18(11-17)20-14-21-24/h2-6,14-15,17H,7-13H2,1H3/t15-,17?/m1/s1. The minimum Gasteiger partial charge on any atom is -0.337 e. The summed E-state index contributed by atoms with van der Waals surface area (Å²) in [6.45, 7) is 6.61. The van der Waals surface area contributed by atoms with E-state index in [9.17, 15) is 4.79 Å². The molecule has 6 heteroatoms. The van der Waals surface area contributed by atoms with Gasteiger partial charge in [0.05, 0.1) is 0 Å². The number of aromatic nitrogens is 3. The first-order chi connectivity index (χ1) is 12.2. The second-order valence-electron chi connectivity index (χ2n) is 7.19. The predicted octanol–water partition coefficient (Wildman–Crippen LogP) is 1.57. The zero-order valence-corrected chi connectivity index (χ0v) is 14.7. The van der Waals surface area contributed by atoms with Crippen molar-refractivity contribution in [3.05, 3.63) is 48.0 Å². The number of rotatable bonds is 3. The van der Waals surface area contributed by atoms with Crippen molar-refractivity contribution in [2.24, 2.45) is 5.92 Å². The summed E-state index contributed by atoms with van der Waals surface area (Å²) in [5.74, 6) is 1.29. The second-order valence-corrected chi connectivity index (χ2v) is 7.19. The van der Waals surface area contributed by atoms with Crippen molar-refractivity contribution in [2.45, 2.75) is 38.9 Å². The zero-order chi connectivity index (χ0) is 17.2. The van der Waals surface area contributed by atoms with Crippen molar-refractivity contribution in [3.8, 4) is 0 Å². The number of fused-ring (bicyclic) bond motifs is 1. The van der Waals surface area contributed by atoms with Gasteiger partial charge in [-0.2, -0.15) is 5.10 Å². The molecule has 4 rings (SSSR count). The van der Waals surface area contributed by atoms with E-state index in [0.29, 0.717) is 5.91 Å². The molecule has 1 amide bonds. The maximum Gasteiger partial charge on any atom is 0.226 e. The maximum atomic E-state index is 13.0. The Morgan fingerprint density at radius 3 is 2.84 bits per heavy atom. The third-order valence-electron chi connectivity index (χ3n) is 5.41. The van der Waals surface area contributed by atoms with Gasteiger partial charge in [-0.1, -0.05) is 30.3 Å². The highest BCUT2D eigenvalue weighted by Crippen LogP contribution is 2.23. The Morgan fingerprint density at radius 2 is 2.04 bits per heavy atom. The van der Waals surface area contributed by atoms with Gasteiger partial charge >= 0.3 is 0 Å². The molecule has 25 heavy (non-hydrogen) atoms. The lowest BCUT2D eigenvalue weighted by Gasteiger charge is -2.41. The molecular weight excluding hydrogens is 314 g/mol. The van der Waals surface area contributed by atoms with E-state index < -0.39 is 0 Å². The van der Waals surface area contributed by atoms with E-state index in [2.05, 4.69) is 51.1 Å². The van der Waals surface area contributed by atoms with E-state index in [-0.39, 0.29) is 12.0 Å². The third kappa shape index (κ3) is 3.44. The minimum absolute atomic E-state index is 0.0554. The summed E-state index contributed by atoms with van der Waals surface area (Å²) in [5, 5.41) is 4.20. The highest BCUT2D eigenvalue weighted by Gasteiger charge is 2.34. The van der Waals surface area contributed by atoms with Crippen LogP contribution in [-0.4, -0.2) is 56.1 Å². The van der Waals surface area contributed by atoms with Gasteiger partial charge in [-0.25, -0.2) is 4.98 Å². The molecule has 2 aromatic rings. The third-order valence-corrected chi connectivity index (χ3v) is 5.41. The highest BCUT2D eigenvalue weighted by atomic mass is 16.2. The molecular formula is C19H25N5O. The lowest BCUT2D eigenvalue weighted by atomic mass is 9.95. The number of amides is 1. The number of benzene rings is 1. The van der Waals surface area contributed by atoms with Crippen molar-refractivity contribution in [1.29, 1.82) is 0 Å². The number of piperazine rings is 1. The summed E-state index contributed by atoms with van der Waals surface area (Å²) in [6.07, 6.45) is 3.18. The molecule has 2 aliphatic rings. The lowest BCUT2D eigenvalue weighted by Crippen LogP contribution is -2.55. The molecule has 2 atom stereocenters. The maximum absolute atomic E-state index is 13.0. The van der Waals surface area contributed by atoms with Crippen molar-refractivity contribution >= 4 is 5.91 Å². The Labute approximate surface area is 148 Å². The van der Waals surface area contributed by atoms with Crippen LogP contribution in [0.5, 0.6) is 0 Å². The van der Waals surface area contributed by atoms with Crippen LogP contribution in [0, 0.1) is 5.92 Å². The number of hydrogen-bond acceptors (Lipinski definition) is 4. The molecule has 6 nitrogen and oxygen atoms in total. The summed E-state index contributed by atoms with van der Waals surface area (Å²) in [4.78, 5) is 21.8. The molecule has 2 aliphatic heterocycles. The SMILES string of the molecule is C[C@@H]1CN(Cc2ccccc2)CCN1C(=O)C1CCn2ncnc2C1. The van der Waals surface area contributed by atoms with Gasteiger partial charge in [-0.15, -0.1) is 0 Å². The fraction of sp³-hybridized carbons (Fsp3) is 0.526. The molecule has 0 saturated carbocycles. The first-order valence-electron chi connectivity index (χ1n) is 9.14. The first kappa shape index (κ1) is 16.3. The van der Waals surface area contributed by atoms with Crippen LogP contribution >= 0.6 is 0 Å². The Morgan fingerprint density at radius 1 is 1.20 bits per heavy atom. The lowest BCUT2D eigenvalue weighted by molar-refractivity contribution is -0.141. The smallest absolute Gasteiger partial charge is 0.226 e. The van der Waals surface area contributed by atoms with Gasteiger partial charge in [0.1, 0.15) is 12.2 Å². The zero-order valence-electron chi connectivity index (χ0n) is 14.7. The molecule has 0 N–H and O–H groups in total. The Bertz CT molecular complexity index is 728. The van der Waals surface area contributed by atoms with E-state index in [1.807, 2.05) is 10.7 Å². The molecule has 0 aliphatic carbocycles. The molecule has 0 bridgehead atoms. The van der Waals surface area contributed by atoms with Gasteiger partial charge in [0.15, 0.2) is 0 Å². The first-order valence-corrected chi connectivity index (χ1v) is 9.14. The normalized spacial score (nSPS) is 24.1. The second kappa shape index (κ2) is 6.96. The highest BCUT2D eigenvalue weighted by molar-refractivity contribution is 5.79. The molecule has 1 fully saturated rings. The van der Waals surface area contributed by atoms with Crippen molar-refractivity contribution < 1.29 is 4.79 Å². The fourth-order valence-corrected chi connectivity index (χ4v) is 4.02. The monoisotopic (exact) mass is 339 g/mol. The molecule has 1 saturated heterocycles. The summed E-state index contributed by atoms with van der Waals surface area (Å²) in [6, 6.07) is 10.8. The van der Waals surface area contributed by atoms with Crippen molar-refractivity contribution in [3.63, 3.8) is 0 Å². The van der Waals surface area contributed by atoms with Crippen LogP contribution in [0.1, 0.15) is 24.7 Å². The van der Waals surface area contributed by atoms with Crippen LogP contribution in [-0.2, 0) is 24.3 Å². The average Bonchev–Trinajstić information content (AvgIpc) is 3.10. The van der Waals surface area contributed by atoms with Gasteiger partial charge < -0.3 is 4.90 Å². The molecule has 1 unspecified atom stereocenters.